The third-order valence-corrected chi connectivity index (χ3v) is 7.15. The van der Waals surface area contributed by atoms with E-state index in [2.05, 4.69) is 46.8 Å². The minimum Gasteiger partial charge on any atom is -0.349 e. The maximum Gasteiger partial charge on any atom is 0.254 e. The average molecular weight is 460 g/mol. The Bertz CT molecular complexity index is 1160. The number of nitrogens with zero attached hydrogens (tertiary/aromatic N) is 3. The van der Waals surface area contributed by atoms with Gasteiger partial charge in [-0.3, -0.25) is 9.80 Å². The van der Waals surface area contributed by atoms with Crippen LogP contribution >= 0.6 is 0 Å². The lowest BCUT2D eigenvalue weighted by Gasteiger charge is -2.31. The van der Waals surface area contributed by atoms with Crippen LogP contribution in [0.25, 0.3) is 0 Å². The van der Waals surface area contributed by atoms with E-state index >= 15 is 0 Å². The maximum absolute atomic E-state index is 13.4. The largest absolute Gasteiger partial charge is 0.349 e. The van der Waals surface area contributed by atoms with Gasteiger partial charge in [0.15, 0.2) is 0 Å². The maximum atomic E-state index is 13.4. The molecule has 1 unspecified atom stereocenters. The molecule has 7 heteroatoms. The fourth-order valence-corrected chi connectivity index (χ4v) is 5.59. The summed E-state index contributed by atoms with van der Waals surface area (Å²) in [5.41, 5.74) is 10.1. The number of aromatic nitrogens is 2. The van der Waals surface area contributed by atoms with Crippen molar-refractivity contribution in [3.63, 3.8) is 0 Å². The summed E-state index contributed by atoms with van der Waals surface area (Å²) in [5.74, 6) is 0.385. The molecule has 0 saturated heterocycles. The number of rotatable bonds is 7. The Morgan fingerprint density at radius 1 is 1.26 bits per heavy atom. The van der Waals surface area contributed by atoms with Crippen LogP contribution in [0.15, 0.2) is 77.7 Å². The molecule has 34 heavy (non-hydrogen) atoms. The van der Waals surface area contributed by atoms with Crippen LogP contribution in [0, 0.1) is 17.7 Å². The van der Waals surface area contributed by atoms with Crippen LogP contribution in [0.2, 0.25) is 0 Å². The summed E-state index contributed by atoms with van der Waals surface area (Å²) in [5, 5.41) is 5.26. The van der Waals surface area contributed by atoms with Crippen molar-refractivity contribution < 1.29 is 9.18 Å². The van der Waals surface area contributed by atoms with E-state index < -0.39 is 0 Å². The lowest BCUT2D eigenvalue weighted by atomic mass is 9.78. The molecule has 2 heterocycles. The molecule has 3 atom stereocenters. The van der Waals surface area contributed by atoms with Gasteiger partial charge >= 0.3 is 0 Å². The van der Waals surface area contributed by atoms with E-state index in [1.54, 1.807) is 24.5 Å². The molecule has 176 valence electrons. The zero-order chi connectivity index (χ0) is 23.7. The molecule has 6 nitrogen and oxygen atoms in total. The highest BCUT2D eigenvalue weighted by Crippen LogP contribution is 2.49. The van der Waals surface area contributed by atoms with Gasteiger partial charge in [-0.2, -0.15) is 0 Å². The second-order valence-corrected chi connectivity index (χ2v) is 9.33. The smallest absolute Gasteiger partial charge is 0.254 e. The Morgan fingerprint density at radius 2 is 2.03 bits per heavy atom. The fourth-order valence-electron chi connectivity index (χ4n) is 5.59. The third-order valence-electron chi connectivity index (χ3n) is 7.15. The predicted octanol–water partition coefficient (Wildman–Crippen LogP) is 5.05. The van der Waals surface area contributed by atoms with Crippen molar-refractivity contribution in [2.45, 2.75) is 52.0 Å². The number of allylic oxidation sites excluding steroid dienone is 4. The van der Waals surface area contributed by atoms with E-state index in [1.165, 1.54) is 35.2 Å². The van der Waals surface area contributed by atoms with Gasteiger partial charge in [-0.1, -0.05) is 25.8 Å². The second kappa shape index (κ2) is 9.41. The van der Waals surface area contributed by atoms with Crippen molar-refractivity contribution in [3.05, 3.63) is 89.1 Å². The minimum atomic E-state index is -0.237. The van der Waals surface area contributed by atoms with Gasteiger partial charge in [0.2, 0.25) is 0 Å². The van der Waals surface area contributed by atoms with Crippen LogP contribution in [0.5, 0.6) is 0 Å². The van der Waals surface area contributed by atoms with Crippen LogP contribution < -0.4 is 15.8 Å². The number of carbonyl (C=O) groups is 1. The van der Waals surface area contributed by atoms with Gasteiger partial charge < -0.3 is 10.7 Å². The highest BCUT2D eigenvalue weighted by atomic mass is 19.1. The zero-order valence-corrected chi connectivity index (χ0v) is 19.6. The van der Waals surface area contributed by atoms with Crippen LogP contribution in [0.4, 0.5) is 10.1 Å². The van der Waals surface area contributed by atoms with E-state index in [9.17, 15) is 9.18 Å². The van der Waals surface area contributed by atoms with Gasteiger partial charge in [0.25, 0.3) is 5.91 Å². The van der Waals surface area contributed by atoms with Crippen LogP contribution in [-0.4, -0.2) is 21.9 Å². The molecule has 5 rings (SSSR count). The highest BCUT2D eigenvalue weighted by molar-refractivity contribution is 5.93. The summed E-state index contributed by atoms with van der Waals surface area (Å²) >= 11 is 0. The number of fused-ring (bicyclic) bond motifs is 1. The molecule has 1 amide bonds. The zero-order valence-electron chi connectivity index (χ0n) is 19.6. The summed E-state index contributed by atoms with van der Waals surface area (Å²) in [7, 11) is 0. The number of hydrazine groups is 1. The van der Waals surface area contributed by atoms with Gasteiger partial charge in [-0.25, -0.2) is 14.4 Å². The first-order valence-corrected chi connectivity index (χ1v) is 12.1. The number of nitrogens with one attached hydrogen (secondary N) is 2. The number of anilines is 1. The van der Waals surface area contributed by atoms with Crippen molar-refractivity contribution in [1.29, 1.82) is 0 Å². The van der Waals surface area contributed by atoms with E-state index in [4.69, 9.17) is 0 Å². The number of hydrogen-bond donors (Lipinski definition) is 2. The molecule has 1 aromatic carbocycles. The fraction of sp³-hybridized carbons (Fsp3) is 0.370. The lowest BCUT2D eigenvalue weighted by molar-refractivity contribution is 0.0928. The highest BCUT2D eigenvalue weighted by Gasteiger charge is 2.38. The molecule has 0 fully saturated rings. The molecule has 1 aliphatic heterocycles. The Labute approximate surface area is 199 Å². The molecular weight excluding hydrogens is 429 g/mol. The predicted molar refractivity (Wildman–Crippen MR) is 130 cm³/mol. The molecule has 2 aliphatic carbocycles. The number of hydrogen-bond acceptors (Lipinski definition) is 5. The van der Waals surface area contributed by atoms with Crippen molar-refractivity contribution in [2.75, 3.05) is 5.01 Å². The van der Waals surface area contributed by atoms with Gasteiger partial charge in [0, 0.05) is 36.1 Å². The molecule has 0 spiro atoms. The Hall–Kier alpha value is -3.48. The molecule has 1 aromatic heterocycles. The number of amides is 1. The molecular formula is C27H30FN5O. The summed E-state index contributed by atoms with van der Waals surface area (Å²) < 4.78 is 13.4. The first kappa shape index (κ1) is 22.3. The Morgan fingerprint density at radius 3 is 2.76 bits per heavy atom. The molecule has 0 bridgehead atoms. The first-order chi connectivity index (χ1) is 16.5. The number of halogens is 1. The summed E-state index contributed by atoms with van der Waals surface area (Å²) in [4.78, 5) is 20.7. The van der Waals surface area contributed by atoms with Crippen LogP contribution in [0.1, 0.15) is 56.3 Å². The van der Waals surface area contributed by atoms with Gasteiger partial charge in [-0.15, -0.1) is 0 Å². The normalized spacial score (nSPS) is 21.9. The number of benzene rings is 1. The first-order valence-electron chi connectivity index (χ1n) is 12.1. The van der Waals surface area contributed by atoms with Gasteiger partial charge in [0.1, 0.15) is 12.1 Å². The summed E-state index contributed by atoms with van der Waals surface area (Å²) in [6, 6.07) is 6.67. The number of carbonyl (C=O) groups excluding carboxylic acids is 1. The van der Waals surface area contributed by atoms with E-state index in [0.717, 1.165) is 43.5 Å². The van der Waals surface area contributed by atoms with E-state index in [-0.39, 0.29) is 17.8 Å². The Kier molecular flexibility index (Phi) is 6.18. The van der Waals surface area contributed by atoms with E-state index in [0.29, 0.717) is 17.4 Å². The molecule has 0 saturated carbocycles. The van der Waals surface area contributed by atoms with Crippen molar-refractivity contribution in [2.24, 2.45) is 11.8 Å². The molecule has 2 aromatic rings. The van der Waals surface area contributed by atoms with Crippen molar-refractivity contribution >= 4 is 11.6 Å². The van der Waals surface area contributed by atoms with Crippen LogP contribution in [0.3, 0.4) is 0 Å². The van der Waals surface area contributed by atoms with Crippen molar-refractivity contribution in [1.82, 2.24) is 20.7 Å². The van der Waals surface area contributed by atoms with Crippen molar-refractivity contribution in [3.8, 4) is 0 Å². The summed E-state index contributed by atoms with van der Waals surface area (Å²) in [6.45, 7) is 4.43. The van der Waals surface area contributed by atoms with Gasteiger partial charge in [-0.05, 0) is 67.5 Å². The molecule has 0 radical (unpaired) electrons. The Balaban J connectivity index is 1.35. The third kappa shape index (κ3) is 4.22. The molecule has 3 aliphatic rings. The standard InChI is InChI=1S/C27H30FN5O/c1-3-4-22(32-27(34)20-13-29-16-30-14-20)11-18-5-6-19-12-25-24(17(2)26(18)19)15-31-33(25)23-9-7-21(28)8-10-23/h7-10,12-18,22,31H,3-6,11H2,1-2H3,(H,32,34)/t17-,18+,22?/m0/s1. The second-order valence-electron chi connectivity index (χ2n) is 9.33. The quantitative estimate of drug-likeness (QED) is 0.606. The molecule has 2 N–H and O–H groups in total. The minimum absolute atomic E-state index is 0.109. The SMILES string of the molecule is CCCC(C[C@H]1CCC2=C1[C@@H](C)C1=CNN(c3ccc(F)cc3)C1=C2)NC(=O)c1cncnc1. The lowest BCUT2D eigenvalue weighted by Crippen LogP contribution is -2.37. The monoisotopic (exact) mass is 459 g/mol. The van der Waals surface area contributed by atoms with Gasteiger partial charge in [0.05, 0.1) is 16.9 Å². The average Bonchev–Trinajstić information content (AvgIpc) is 3.45. The van der Waals surface area contributed by atoms with Crippen LogP contribution in [-0.2, 0) is 0 Å². The van der Waals surface area contributed by atoms with E-state index in [1.807, 2.05) is 5.01 Å². The topological polar surface area (TPSA) is 70.2 Å². The summed E-state index contributed by atoms with van der Waals surface area (Å²) in [6.07, 6.45) is 13.9.